The van der Waals surface area contributed by atoms with Gasteiger partial charge in [-0.15, -0.1) is 0 Å². The third kappa shape index (κ3) is 24.1. The Balaban J connectivity index is 3.48. The highest BCUT2D eigenvalue weighted by Crippen LogP contribution is 2.10. The van der Waals surface area contributed by atoms with Crippen LogP contribution in [0.3, 0.4) is 0 Å². The number of carbonyl (C=O) groups is 2. The minimum atomic E-state index is -1.05. The van der Waals surface area contributed by atoms with Crippen molar-refractivity contribution in [2.75, 3.05) is 46.9 Å². The first-order chi connectivity index (χ1) is 16.8. The molecule has 0 spiro atoms. The molecule has 0 aliphatic carbocycles. The number of likely N-dealkylation sites (N-methyl/N-ethyl adjacent to an activating group) is 1. The number of hydrogen-bond donors (Lipinski definition) is 1. The third-order valence-corrected chi connectivity index (χ3v) is 6.58. The molecule has 0 saturated carbocycles. The van der Waals surface area contributed by atoms with Crippen molar-refractivity contribution in [3.63, 3.8) is 0 Å². The number of quaternary nitrogens is 1. The van der Waals surface area contributed by atoms with Gasteiger partial charge in [0.1, 0.15) is 13.2 Å². The molecule has 0 aliphatic heterocycles. The molecular weight excluding hydrogens is 440 g/mol. The fourth-order valence-electron chi connectivity index (χ4n) is 3.94. The van der Waals surface area contributed by atoms with Gasteiger partial charge in [0.05, 0.1) is 26.6 Å². The Morgan fingerprint density at radius 3 is 1.97 bits per heavy atom. The standard InChI is InChI=1S/C29H56N2O4/c1-5-6-7-8-9-10-11-12-13-14-15-16-17-18-19-20-22-30-26-27(2)29(34)35-25-24-31(3,4)23-21-28(32)33/h12-13,27,30H,5-11,14-26H2,1-4H3/b13-12-. The number of esters is 1. The zero-order valence-electron chi connectivity index (χ0n) is 23.5. The molecule has 0 aromatic rings. The summed E-state index contributed by atoms with van der Waals surface area (Å²) in [7, 11) is 3.85. The second-order valence-electron chi connectivity index (χ2n) is 10.7. The molecule has 0 aromatic heterocycles. The highest BCUT2D eigenvalue weighted by atomic mass is 16.5. The van der Waals surface area contributed by atoms with Gasteiger partial charge in [-0.05, 0) is 38.6 Å². The molecule has 0 saturated heterocycles. The molecule has 0 heterocycles. The number of rotatable bonds is 25. The third-order valence-electron chi connectivity index (χ3n) is 6.58. The van der Waals surface area contributed by atoms with E-state index >= 15 is 0 Å². The zero-order valence-corrected chi connectivity index (χ0v) is 23.5. The Morgan fingerprint density at radius 2 is 1.40 bits per heavy atom. The molecule has 0 fully saturated rings. The van der Waals surface area contributed by atoms with E-state index in [4.69, 9.17) is 4.74 Å². The fourth-order valence-corrected chi connectivity index (χ4v) is 3.94. The van der Waals surface area contributed by atoms with E-state index in [2.05, 4.69) is 24.4 Å². The van der Waals surface area contributed by atoms with Gasteiger partial charge in [-0.1, -0.05) is 83.8 Å². The molecule has 0 aromatic carbocycles. The summed E-state index contributed by atoms with van der Waals surface area (Å²) in [5.74, 6) is -1.42. The van der Waals surface area contributed by atoms with Gasteiger partial charge in [-0.3, -0.25) is 4.79 Å². The van der Waals surface area contributed by atoms with Crippen LogP contribution in [0.5, 0.6) is 0 Å². The van der Waals surface area contributed by atoms with Crippen molar-refractivity contribution in [3.8, 4) is 0 Å². The molecule has 1 unspecified atom stereocenters. The maximum atomic E-state index is 12.1. The predicted octanol–water partition coefficient (Wildman–Crippen LogP) is 5.01. The number of nitrogens with one attached hydrogen (secondary N) is 1. The van der Waals surface area contributed by atoms with Crippen LogP contribution in [0, 0.1) is 5.92 Å². The van der Waals surface area contributed by atoms with E-state index in [0.717, 1.165) is 13.0 Å². The smallest absolute Gasteiger partial charge is 0.310 e. The van der Waals surface area contributed by atoms with Gasteiger partial charge in [0.25, 0.3) is 0 Å². The first kappa shape index (κ1) is 33.6. The lowest BCUT2D eigenvalue weighted by molar-refractivity contribution is -0.890. The summed E-state index contributed by atoms with van der Waals surface area (Å²) in [6.45, 7) is 7.08. The Labute approximate surface area is 216 Å². The highest BCUT2D eigenvalue weighted by molar-refractivity contribution is 5.72. The van der Waals surface area contributed by atoms with Gasteiger partial charge >= 0.3 is 5.97 Å². The van der Waals surface area contributed by atoms with E-state index in [-0.39, 0.29) is 18.3 Å². The van der Waals surface area contributed by atoms with Crippen LogP contribution in [0.4, 0.5) is 0 Å². The van der Waals surface area contributed by atoms with E-state index in [1.165, 1.54) is 83.5 Å². The van der Waals surface area contributed by atoms with Crippen molar-refractivity contribution < 1.29 is 23.9 Å². The number of carboxylic acid groups (broad SMARTS) is 1. The van der Waals surface area contributed by atoms with Crippen molar-refractivity contribution in [3.05, 3.63) is 12.2 Å². The van der Waals surface area contributed by atoms with E-state index < -0.39 is 5.97 Å². The predicted molar refractivity (Wildman–Crippen MR) is 144 cm³/mol. The molecule has 6 nitrogen and oxygen atoms in total. The summed E-state index contributed by atoms with van der Waals surface area (Å²) in [5.41, 5.74) is 0. The number of hydrogen-bond acceptors (Lipinski definition) is 5. The average Bonchev–Trinajstić information content (AvgIpc) is 2.81. The quantitative estimate of drug-likeness (QED) is 0.0832. The fraction of sp³-hybridized carbons (Fsp3) is 0.862. The van der Waals surface area contributed by atoms with Crippen molar-refractivity contribution >= 4 is 11.9 Å². The number of ether oxygens (including phenoxy) is 1. The number of allylic oxidation sites excluding steroid dienone is 2. The van der Waals surface area contributed by atoms with Gasteiger partial charge in [0.15, 0.2) is 0 Å². The Morgan fingerprint density at radius 1 is 0.857 bits per heavy atom. The van der Waals surface area contributed by atoms with E-state index in [9.17, 15) is 14.7 Å². The number of nitrogens with zero attached hydrogens (tertiary/aromatic N) is 1. The summed E-state index contributed by atoms with van der Waals surface area (Å²) >= 11 is 0. The molecule has 0 bridgehead atoms. The molecular formula is C29H56N2O4. The molecule has 1 N–H and O–H groups in total. The van der Waals surface area contributed by atoms with Crippen molar-refractivity contribution in [2.24, 2.45) is 5.92 Å². The molecule has 0 amide bonds. The molecule has 0 rings (SSSR count). The van der Waals surface area contributed by atoms with Gasteiger partial charge in [-0.2, -0.15) is 0 Å². The van der Waals surface area contributed by atoms with Gasteiger partial charge in [0.2, 0.25) is 0 Å². The van der Waals surface area contributed by atoms with Crippen LogP contribution in [-0.4, -0.2) is 63.3 Å². The Kier molecular flexibility index (Phi) is 22.1. The van der Waals surface area contributed by atoms with Crippen LogP contribution >= 0.6 is 0 Å². The number of carbonyl (C=O) groups excluding carboxylic acids is 2. The van der Waals surface area contributed by atoms with Crippen LogP contribution in [-0.2, 0) is 14.3 Å². The van der Waals surface area contributed by atoms with Crippen molar-refractivity contribution in [1.82, 2.24) is 5.32 Å². The molecule has 0 aliphatic rings. The molecule has 1 atom stereocenters. The maximum absolute atomic E-state index is 12.1. The maximum Gasteiger partial charge on any atom is 0.310 e. The second-order valence-corrected chi connectivity index (χ2v) is 10.7. The molecule has 35 heavy (non-hydrogen) atoms. The second kappa shape index (κ2) is 23.0. The highest BCUT2D eigenvalue weighted by Gasteiger charge is 2.18. The molecule has 206 valence electrons. The lowest BCUT2D eigenvalue weighted by Gasteiger charge is -2.29. The minimum absolute atomic E-state index is 0.0119. The molecule has 6 heteroatoms. The largest absolute Gasteiger partial charge is 0.550 e. The van der Waals surface area contributed by atoms with Crippen LogP contribution in [0.2, 0.25) is 0 Å². The number of aliphatic carboxylic acids is 1. The summed E-state index contributed by atoms with van der Waals surface area (Å²) in [4.78, 5) is 22.7. The first-order valence-electron chi connectivity index (χ1n) is 14.3. The van der Waals surface area contributed by atoms with E-state index in [1.54, 1.807) is 0 Å². The normalized spacial score (nSPS) is 12.8. The molecule has 0 radical (unpaired) electrons. The average molecular weight is 497 g/mol. The Bertz CT molecular complexity index is 549. The lowest BCUT2D eigenvalue weighted by Crippen LogP contribution is -2.45. The van der Waals surface area contributed by atoms with Crippen LogP contribution in [0.25, 0.3) is 0 Å². The lowest BCUT2D eigenvalue weighted by atomic mass is 10.1. The van der Waals surface area contributed by atoms with Gasteiger partial charge in [-0.25, -0.2) is 0 Å². The van der Waals surface area contributed by atoms with Crippen LogP contribution < -0.4 is 10.4 Å². The van der Waals surface area contributed by atoms with Gasteiger partial charge in [0, 0.05) is 18.9 Å². The monoisotopic (exact) mass is 496 g/mol. The minimum Gasteiger partial charge on any atom is -0.550 e. The van der Waals surface area contributed by atoms with E-state index in [1.807, 2.05) is 21.0 Å². The first-order valence-corrected chi connectivity index (χ1v) is 14.3. The summed E-state index contributed by atoms with van der Waals surface area (Å²) < 4.78 is 5.86. The van der Waals surface area contributed by atoms with Crippen LogP contribution in [0.15, 0.2) is 12.2 Å². The topological polar surface area (TPSA) is 78.5 Å². The van der Waals surface area contributed by atoms with Gasteiger partial charge < -0.3 is 24.4 Å². The SMILES string of the molecule is CCCCCCCC/C=C\CCCCCCCCNCC(C)C(=O)OCC[N+](C)(C)CCC(=O)[O-]. The number of carboxylic acids is 1. The summed E-state index contributed by atoms with van der Waals surface area (Å²) in [5, 5.41) is 14.0. The Hall–Kier alpha value is -1.40. The van der Waals surface area contributed by atoms with Crippen molar-refractivity contribution in [2.45, 2.75) is 110 Å². The number of unbranched alkanes of at least 4 members (excludes halogenated alkanes) is 12. The zero-order chi connectivity index (χ0) is 26.2. The van der Waals surface area contributed by atoms with E-state index in [0.29, 0.717) is 30.7 Å². The van der Waals surface area contributed by atoms with Crippen molar-refractivity contribution in [1.29, 1.82) is 0 Å². The summed E-state index contributed by atoms with van der Waals surface area (Å²) in [6, 6.07) is 0. The van der Waals surface area contributed by atoms with Crippen LogP contribution in [0.1, 0.15) is 110 Å². The summed E-state index contributed by atoms with van der Waals surface area (Å²) in [6.07, 6.45) is 23.1.